The first-order valence-electron chi connectivity index (χ1n) is 6.54. The molecule has 0 spiro atoms. The number of alkyl halides is 3. The Labute approximate surface area is 126 Å². The highest BCUT2D eigenvalue weighted by molar-refractivity contribution is 6.31. The van der Waals surface area contributed by atoms with Crippen LogP contribution in [0.2, 0.25) is 5.02 Å². The van der Waals surface area contributed by atoms with Gasteiger partial charge in [-0.2, -0.15) is 13.2 Å². The second-order valence-corrected chi connectivity index (χ2v) is 5.16. The first-order valence-corrected chi connectivity index (χ1v) is 6.92. The van der Waals surface area contributed by atoms with Crippen molar-refractivity contribution in [1.29, 1.82) is 0 Å². The molecule has 0 heterocycles. The molecular formula is C16H15ClF3N. The highest BCUT2D eigenvalue weighted by atomic mass is 35.5. The van der Waals surface area contributed by atoms with E-state index in [0.29, 0.717) is 10.6 Å². The van der Waals surface area contributed by atoms with Crippen LogP contribution in [0.4, 0.5) is 13.2 Å². The van der Waals surface area contributed by atoms with Crippen molar-refractivity contribution in [1.82, 2.24) is 5.32 Å². The van der Waals surface area contributed by atoms with Gasteiger partial charge in [0.1, 0.15) is 0 Å². The van der Waals surface area contributed by atoms with Gasteiger partial charge in [-0.05, 0) is 17.2 Å². The zero-order valence-corrected chi connectivity index (χ0v) is 12.0. The molecular weight excluding hydrogens is 299 g/mol. The third-order valence-electron chi connectivity index (χ3n) is 3.13. The molecule has 112 valence electrons. The van der Waals surface area contributed by atoms with Crippen molar-refractivity contribution in [3.63, 3.8) is 0 Å². The Morgan fingerprint density at radius 3 is 2.19 bits per heavy atom. The molecule has 1 N–H and O–H groups in total. The first kappa shape index (κ1) is 15.9. The Kier molecular flexibility index (Phi) is 5.26. The quantitative estimate of drug-likeness (QED) is 0.807. The Hall–Kier alpha value is -1.52. The second-order valence-electron chi connectivity index (χ2n) is 4.75. The van der Waals surface area contributed by atoms with Crippen LogP contribution < -0.4 is 5.32 Å². The number of rotatable bonds is 5. The van der Waals surface area contributed by atoms with Crippen molar-refractivity contribution in [3.8, 4) is 0 Å². The lowest BCUT2D eigenvalue weighted by Gasteiger charge is -2.21. The summed E-state index contributed by atoms with van der Waals surface area (Å²) >= 11 is 6.02. The summed E-state index contributed by atoms with van der Waals surface area (Å²) in [6.07, 6.45) is -5.14. The van der Waals surface area contributed by atoms with Gasteiger partial charge < -0.3 is 5.32 Å². The summed E-state index contributed by atoms with van der Waals surface area (Å²) in [5, 5.41) is 3.49. The van der Waals surface area contributed by atoms with E-state index in [1.54, 1.807) is 48.5 Å². The minimum Gasteiger partial charge on any atom is -0.305 e. The van der Waals surface area contributed by atoms with Crippen molar-refractivity contribution in [2.75, 3.05) is 0 Å². The molecule has 0 aliphatic carbocycles. The van der Waals surface area contributed by atoms with Crippen LogP contribution in [0.15, 0.2) is 54.6 Å². The first-order chi connectivity index (χ1) is 9.96. The minimum atomic E-state index is -4.23. The number of hydrogen-bond donors (Lipinski definition) is 1. The molecule has 0 saturated heterocycles. The molecule has 2 aromatic rings. The van der Waals surface area contributed by atoms with E-state index in [-0.39, 0.29) is 6.54 Å². The van der Waals surface area contributed by atoms with Crippen molar-refractivity contribution in [3.05, 3.63) is 70.7 Å². The van der Waals surface area contributed by atoms with Gasteiger partial charge in [0, 0.05) is 17.6 Å². The fourth-order valence-corrected chi connectivity index (χ4v) is 2.30. The van der Waals surface area contributed by atoms with Gasteiger partial charge in [-0.15, -0.1) is 0 Å². The van der Waals surface area contributed by atoms with E-state index in [1.807, 2.05) is 6.07 Å². The molecule has 21 heavy (non-hydrogen) atoms. The Balaban J connectivity index is 2.11. The van der Waals surface area contributed by atoms with Crippen molar-refractivity contribution in [2.24, 2.45) is 0 Å². The van der Waals surface area contributed by atoms with Gasteiger partial charge in [0.25, 0.3) is 0 Å². The van der Waals surface area contributed by atoms with Gasteiger partial charge in [-0.3, -0.25) is 0 Å². The average molecular weight is 314 g/mol. The maximum Gasteiger partial charge on any atom is 0.390 e. The summed E-state index contributed by atoms with van der Waals surface area (Å²) < 4.78 is 38.2. The maximum atomic E-state index is 12.7. The third kappa shape index (κ3) is 5.06. The number of hydrogen-bond acceptors (Lipinski definition) is 1. The monoisotopic (exact) mass is 313 g/mol. The van der Waals surface area contributed by atoms with Gasteiger partial charge in [-0.1, -0.05) is 60.1 Å². The Morgan fingerprint density at radius 2 is 1.57 bits per heavy atom. The molecule has 1 nitrogen and oxygen atoms in total. The van der Waals surface area contributed by atoms with Crippen LogP contribution in [0.5, 0.6) is 0 Å². The Morgan fingerprint density at radius 1 is 0.952 bits per heavy atom. The smallest absolute Gasteiger partial charge is 0.305 e. The van der Waals surface area contributed by atoms with Crippen molar-refractivity contribution < 1.29 is 13.2 Å². The van der Waals surface area contributed by atoms with Crippen LogP contribution in [-0.2, 0) is 6.54 Å². The SMILES string of the molecule is FC(F)(F)CC(NCc1ccccc1Cl)c1ccccc1. The lowest BCUT2D eigenvalue weighted by atomic mass is 10.0. The summed E-state index contributed by atoms with van der Waals surface area (Å²) in [5.41, 5.74) is 1.39. The summed E-state index contributed by atoms with van der Waals surface area (Å²) in [6, 6.07) is 15.0. The van der Waals surface area contributed by atoms with E-state index in [1.165, 1.54) is 0 Å². The van der Waals surface area contributed by atoms with Gasteiger partial charge in [-0.25, -0.2) is 0 Å². The predicted octanol–water partition coefficient (Wildman–Crippen LogP) is 5.12. The highest BCUT2D eigenvalue weighted by Crippen LogP contribution is 2.30. The van der Waals surface area contributed by atoms with E-state index in [2.05, 4.69) is 5.32 Å². The lowest BCUT2D eigenvalue weighted by Crippen LogP contribution is -2.26. The van der Waals surface area contributed by atoms with Gasteiger partial charge >= 0.3 is 6.18 Å². The molecule has 0 saturated carbocycles. The lowest BCUT2D eigenvalue weighted by molar-refractivity contribution is -0.140. The molecule has 0 fully saturated rings. The van der Waals surface area contributed by atoms with Crippen molar-refractivity contribution >= 4 is 11.6 Å². The molecule has 5 heteroatoms. The van der Waals surface area contributed by atoms with E-state index in [4.69, 9.17) is 11.6 Å². The highest BCUT2D eigenvalue weighted by Gasteiger charge is 2.32. The molecule has 1 atom stereocenters. The number of halogens is 4. The summed E-state index contributed by atoms with van der Waals surface area (Å²) in [7, 11) is 0. The van der Waals surface area contributed by atoms with Crippen LogP contribution in [0.3, 0.4) is 0 Å². The van der Waals surface area contributed by atoms with E-state index >= 15 is 0 Å². The van der Waals surface area contributed by atoms with Gasteiger partial charge in [0.05, 0.1) is 6.42 Å². The fourth-order valence-electron chi connectivity index (χ4n) is 2.10. The number of benzene rings is 2. The average Bonchev–Trinajstić information content (AvgIpc) is 2.45. The van der Waals surface area contributed by atoms with Crippen LogP contribution >= 0.6 is 11.6 Å². The number of nitrogens with one attached hydrogen (secondary N) is 1. The molecule has 0 amide bonds. The van der Waals surface area contributed by atoms with Gasteiger partial charge in [0.15, 0.2) is 0 Å². The molecule has 1 unspecified atom stereocenters. The van der Waals surface area contributed by atoms with Gasteiger partial charge in [0.2, 0.25) is 0 Å². The fraction of sp³-hybridized carbons (Fsp3) is 0.250. The second kappa shape index (κ2) is 6.96. The standard InChI is InChI=1S/C16H15ClF3N/c17-14-9-5-4-8-13(14)11-21-15(10-16(18,19)20)12-6-2-1-3-7-12/h1-9,15,21H,10-11H2. The minimum absolute atomic E-state index is 0.287. The molecule has 0 bridgehead atoms. The summed E-state index contributed by atoms with van der Waals surface area (Å²) in [4.78, 5) is 0. The van der Waals surface area contributed by atoms with E-state index in [9.17, 15) is 13.2 Å². The summed E-state index contributed by atoms with van der Waals surface area (Å²) in [6.45, 7) is 0.287. The Bertz CT molecular complexity index is 569. The molecule has 2 aromatic carbocycles. The topological polar surface area (TPSA) is 12.0 Å². The zero-order valence-electron chi connectivity index (χ0n) is 11.2. The van der Waals surface area contributed by atoms with Crippen LogP contribution in [0, 0.1) is 0 Å². The normalized spacial score (nSPS) is 13.1. The van der Waals surface area contributed by atoms with Crippen molar-refractivity contribution in [2.45, 2.75) is 25.2 Å². The zero-order chi connectivity index (χ0) is 15.3. The summed E-state index contributed by atoms with van der Waals surface area (Å²) in [5.74, 6) is 0. The molecule has 0 aliphatic heterocycles. The molecule has 0 radical (unpaired) electrons. The maximum absolute atomic E-state index is 12.7. The van der Waals surface area contributed by atoms with Crippen LogP contribution in [0.25, 0.3) is 0 Å². The van der Waals surface area contributed by atoms with Crippen LogP contribution in [0.1, 0.15) is 23.6 Å². The predicted molar refractivity (Wildman–Crippen MR) is 78.1 cm³/mol. The molecule has 0 aliphatic rings. The third-order valence-corrected chi connectivity index (χ3v) is 3.50. The van der Waals surface area contributed by atoms with E-state index in [0.717, 1.165) is 5.56 Å². The van der Waals surface area contributed by atoms with E-state index < -0.39 is 18.6 Å². The largest absolute Gasteiger partial charge is 0.390 e. The molecule has 2 rings (SSSR count). The van der Waals surface area contributed by atoms with Crippen LogP contribution in [-0.4, -0.2) is 6.18 Å². The molecule has 0 aromatic heterocycles.